The monoisotopic (exact) mass is 511 g/mol. The molecule has 5 rings (SSSR count). The molecular formula is C29H28ClF2NO3. The molecule has 0 spiro atoms. The highest BCUT2D eigenvalue weighted by molar-refractivity contribution is 6.33. The highest BCUT2D eigenvalue weighted by Gasteiger charge is 2.56. The smallest absolute Gasteiger partial charge is 0.410 e. The minimum atomic E-state index is -1.25. The Morgan fingerprint density at radius 1 is 1.11 bits per heavy atom. The fourth-order valence-corrected chi connectivity index (χ4v) is 5.59. The maximum absolute atomic E-state index is 15.0. The number of hydrogen-bond donors (Lipinski definition) is 0. The van der Waals surface area contributed by atoms with Crippen LogP contribution in [-0.4, -0.2) is 35.4 Å². The third kappa shape index (κ3) is 4.32. The number of carbonyl (C=O) groups excluding carboxylic acids is 1. The lowest BCUT2D eigenvalue weighted by atomic mass is 9.80. The standard InChI is InChI=1S/C29H28ClF2NO3/c1-28(2,3)36-27(34)33-17-20(31)14-24(33)29(19-12-8-5-9-13-19)16-21-23(35-29)15-22(32)26(30)25(21)18-10-6-4-7-11-18/h4-13,15,20,24H,14,16-17H2,1-3H3/t20-,24+,29+/m1/s1. The van der Waals surface area contributed by atoms with Gasteiger partial charge in [0, 0.05) is 30.0 Å². The van der Waals surface area contributed by atoms with E-state index in [9.17, 15) is 9.18 Å². The first-order valence-electron chi connectivity index (χ1n) is 12.0. The van der Waals surface area contributed by atoms with Crippen molar-refractivity contribution in [3.63, 3.8) is 0 Å². The van der Waals surface area contributed by atoms with Crippen LogP contribution < -0.4 is 4.74 Å². The molecule has 3 atom stereocenters. The van der Waals surface area contributed by atoms with Crippen LogP contribution in [0.2, 0.25) is 5.02 Å². The Hall–Kier alpha value is -3.12. The molecule has 3 aromatic rings. The molecule has 188 valence electrons. The van der Waals surface area contributed by atoms with Gasteiger partial charge in [-0.2, -0.15) is 0 Å². The second-order valence-corrected chi connectivity index (χ2v) is 10.8. The molecular weight excluding hydrogens is 484 g/mol. The molecule has 4 nitrogen and oxygen atoms in total. The van der Waals surface area contributed by atoms with E-state index in [1.54, 1.807) is 20.8 Å². The Balaban J connectivity index is 1.66. The maximum Gasteiger partial charge on any atom is 0.410 e. The van der Waals surface area contributed by atoms with Crippen molar-refractivity contribution in [2.75, 3.05) is 6.54 Å². The van der Waals surface area contributed by atoms with Gasteiger partial charge in [-0.25, -0.2) is 13.6 Å². The van der Waals surface area contributed by atoms with E-state index in [0.717, 1.165) is 16.7 Å². The van der Waals surface area contributed by atoms with Crippen molar-refractivity contribution in [1.29, 1.82) is 0 Å². The summed E-state index contributed by atoms with van der Waals surface area (Å²) in [5.74, 6) is -0.261. The van der Waals surface area contributed by atoms with E-state index in [4.69, 9.17) is 21.1 Å². The summed E-state index contributed by atoms with van der Waals surface area (Å²) in [7, 11) is 0. The molecule has 0 unspecified atom stereocenters. The molecule has 0 aliphatic carbocycles. The Morgan fingerprint density at radius 3 is 2.39 bits per heavy atom. The molecule has 1 amide bonds. The van der Waals surface area contributed by atoms with Crippen LogP contribution in [0.3, 0.4) is 0 Å². The Kier molecular flexibility index (Phi) is 6.19. The van der Waals surface area contributed by atoms with Crippen molar-refractivity contribution in [1.82, 2.24) is 4.90 Å². The van der Waals surface area contributed by atoms with Crippen molar-refractivity contribution < 1.29 is 23.0 Å². The van der Waals surface area contributed by atoms with Gasteiger partial charge in [-0.15, -0.1) is 0 Å². The van der Waals surface area contributed by atoms with Gasteiger partial charge in [0.05, 0.1) is 17.6 Å². The van der Waals surface area contributed by atoms with Crippen LogP contribution in [-0.2, 0) is 16.8 Å². The summed E-state index contributed by atoms with van der Waals surface area (Å²) in [4.78, 5) is 14.6. The molecule has 0 radical (unpaired) electrons. The maximum atomic E-state index is 15.0. The van der Waals surface area contributed by atoms with Gasteiger partial charge in [0.2, 0.25) is 0 Å². The number of rotatable bonds is 3. The van der Waals surface area contributed by atoms with Crippen molar-refractivity contribution in [2.24, 2.45) is 0 Å². The summed E-state index contributed by atoms with van der Waals surface area (Å²) in [6, 6.07) is 19.3. The quantitative estimate of drug-likeness (QED) is 0.369. The summed E-state index contributed by atoms with van der Waals surface area (Å²) in [6.45, 7) is 5.21. The lowest BCUT2D eigenvalue weighted by Gasteiger charge is -2.40. The van der Waals surface area contributed by atoms with Crippen molar-refractivity contribution in [3.05, 3.63) is 88.7 Å². The summed E-state index contributed by atoms with van der Waals surface area (Å²) in [6.07, 6.45) is -1.49. The number of ether oxygens (including phenoxy) is 2. The van der Waals surface area contributed by atoms with Gasteiger partial charge in [-0.3, -0.25) is 4.90 Å². The fourth-order valence-electron chi connectivity index (χ4n) is 5.32. The van der Waals surface area contributed by atoms with Crippen molar-refractivity contribution in [2.45, 2.75) is 57.0 Å². The zero-order chi connectivity index (χ0) is 25.7. The van der Waals surface area contributed by atoms with E-state index in [0.29, 0.717) is 11.3 Å². The van der Waals surface area contributed by atoms with E-state index < -0.39 is 35.3 Å². The van der Waals surface area contributed by atoms with E-state index in [-0.39, 0.29) is 24.4 Å². The number of likely N-dealkylation sites (tertiary alicyclic amines) is 1. The molecule has 7 heteroatoms. The summed E-state index contributed by atoms with van der Waals surface area (Å²) >= 11 is 6.51. The number of halogens is 3. The van der Waals surface area contributed by atoms with E-state index in [1.165, 1.54) is 11.0 Å². The van der Waals surface area contributed by atoms with E-state index in [2.05, 4.69) is 0 Å². The number of alkyl halides is 1. The predicted octanol–water partition coefficient (Wildman–Crippen LogP) is 7.32. The number of fused-ring (bicyclic) bond motifs is 1. The van der Waals surface area contributed by atoms with Crippen LogP contribution in [0.5, 0.6) is 5.75 Å². The second-order valence-electron chi connectivity index (χ2n) is 10.4. The number of hydrogen-bond acceptors (Lipinski definition) is 3. The molecule has 0 saturated carbocycles. The molecule has 1 fully saturated rings. The normalized spacial score (nSPS) is 23.3. The Labute approximate surface area is 214 Å². The zero-order valence-corrected chi connectivity index (χ0v) is 21.2. The highest BCUT2D eigenvalue weighted by Crippen LogP contribution is 2.52. The highest BCUT2D eigenvalue weighted by atomic mass is 35.5. The van der Waals surface area contributed by atoms with Crippen LogP contribution in [0.15, 0.2) is 66.7 Å². The molecule has 2 aliphatic rings. The lowest BCUT2D eigenvalue weighted by Crippen LogP contribution is -2.53. The van der Waals surface area contributed by atoms with E-state index >= 15 is 4.39 Å². The van der Waals surface area contributed by atoms with Gasteiger partial charge in [-0.05, 0) is 31.9 Å². The first-order chi connectivity index (χ1) is 17.1. The minimum Gasteiger partial charge on any atom is -0.480 e. The van der Waals surface area contributed by atoms with Gasteiger partial charge in [0.15, 0.2) is 5.60 Å². The van der Waals surface area contributed by atoms with Gasteiger partial charge in [0.25, 0.3) is 0 Å². The van der Waals surface area contributed by atoms with Crippen LogP contribution in [0.25, 0.3) is 11.1 Å². The number of amides is 1. The number of nitrogens with zero attached hydrogens (tertiary/aromatic N) is 1. The third-order valence-electron chi connectivity index (χ3n) is 6.76. The van der Waals surface area contributed by atoms with Crippen molar-refractivity contribution in [3.8, 4) is 16.9 Å². The van der Waals surface area contributed by atoms with Crippen LogP contribution in [0.1, 0.15) is 38.3 Å². The Morgan fingerprint density at radius 2 is 1.75 bits per heavy atom. The van der Waals surface area contributed by atoms with Crippen LogP contribution in [0, 0.1) is 5.82 Å². The summed E-state index contributed by atoms with van der Waals surface area (Å²) < 4.78 is 42.3. The largest absolute Gasteiger partial charge is 0.480 e. The van der Waals surface area contributed by atoms with Crippen LogP contribution in [0.4, 0.5) is 13.6 Å². The lowest BCUT2D eigenvalue weighted by molar-refractivity contribution is -0.0216. The summed E-state index contributed by atoms with van der Waals surface area (Å²) in [5.41, 5.74) is 0.898. The molecule has 0 aromatic heterocycles. The van der Waals surface area contributed by atoms with E-state index in [1.807, 2.05) is 60.7 Å². The minimum absolute atomic E-state index is 0.00574. The molecule has 0 bridgehead atoms. The third-order valence-corrected chi connectivity index (χ3v) is 7.13. The summed E-state index contributed by atoms with van der Waals surface area (Å²) in [5, 5.41) is 0.00574. The number of benzene rings is 3. The molecule has 0 N–H and O–H groups in total. The second kappa shape index (κ2) is 9.07. The van der Waals surface area contributed by atoms with Crippen molar-refractivity contribution >= 4 is 17.7 Å². The molecule has 36 heavy (non-hydrogen) atoms. The predicted molar refractivity (Wildman–Crippen MR) is 136 cm³/mol. The topological polar surface area (TPSA) is 38.8 Å². The molecule has 1 saturated heterocycles. The zero-order valence-electron chi connectivity index (χ0n) is 20.4. The molecule has 2 aliphatic heterocycles. The van der Waals surface area contributed by atoms with Crippen LogP contribution >= 0.6 is 11.6 Å². The Bertz CT molecular complexity index is 1280. The van der Waals surface area contributed by atoms with Gasteiger partial charge in [-0.1, -0.05) is 72.3 Å². The fraction of sp³-hybridized carbons (Fsp3) is 0.345. The average molecular weight is 512 g/mol. The molecule has 2 heterocycles. The first kappa shape index (κ1) is 24.6. The first-order valence-corrected chi connectivity index (χ1v) is 12.4. The van der Waals surface area contributed by atoms with Gasteiger partial charge >= 0.3 is 6.09 Å². The molecule has 3 aromatic carbocycles. The van der Waals surface area contributed by atoms with Gasteiger partial charge < -0.3 is 9.47 Å². The number of carbonyl (C=O) groups is 1. The SMILES string of the molecule is CC(C)(C)OC(=O)N1C[C@H](F)C[C@H]1[C@@]1(c2ccccc2)Cc2c(cc(F)c(Cl)c2-c2ccccc2)O1. The van der Waals surface area contributed by atoms with Gasteiger partial charge in [0.1, 0.15) is 23.3 Å². The average Bonchev–Trinajstić information content (AvgIpc) is 3.41.